The second-order valence-corrected chi connectivity index (χ2v) is 4.27. The number of ether oxygens (including phenoxy) is 1. The molecule has 0 fully saturated rings. The summed E-state index contributed by atoms with van der Waals surface area (Å²) in [4.78, 5) is 0. The highest BCUT2D eigenvalue weighted by atomic mass is 35.5. The number of furan rings is 1. The topological polar surface area (TPSA) is 48.4 Å². The van der Waals surface area contributed by atoms with Crippen molar-refractivity contribution < 1.29 is 9.15 Å². The first-order valence-electron chi connectivity index (χ1n) is 5.26. The van der Waals surface area contributed by atoms with Gasteiger partial charge in [-0.05, 0) is 36.8 Å². The molecule has 17 heavy (non-hydrogen) atoms. The van der Waals surface area contributed by atoms with Crippen LogP contribution in [0.25, 0.3) is 0 Å². The zero-order valence-corrected chi connectivity index (χ0v) is 10.5. The van der Waals surface area contributed by atoms with Gasteiger partial charge in [-0.2, -0.15) is 0 Å². The minimum atomic E-state index is -0.376. The Bertz CT molecular complexity index is 522. The molecule has 3 nitrogen and oxygen atoms in total. The summed E-state index contributed by atoms with van der Waals surface area (Å²) in [5.41, 5.74) is 8.01. The van der Waals surface area contributed by atoms with Crippen LogP contribution in [0.3, 0.4) is 0 Å². The van der Waals surface area contributed by atoms with E-state index in [4.69, 9.17) is 26.5 Å². The van der Waals surface area contributed by atoms with Crippen molar-refractivity contribution in [3.63, 3.8) is 0 Å². The summed E-state index contributed by atoms with van der Waals surface area (Å²) in [6.45, 7) is 1.95. The van der Waals surface area contributed by atoms with Crippen molar-refractivity contribution in [3.05, 3.63) is 52.4 Å². The molecule has 1 aromatic heterocycles. The lowest BCUT2D eigenvalue weighted by Gasteiger charge is -2.15. The predicted octanol–water partition coefficient (Wildman–Crippen LogP) is 3.30. The van der Waals surface area contributed by atoms with Gasteiger partial charge in [0.1, 0.15) is 11.5 Å². The Morgan fingerprint density at radius 1 is 1.35 bits per heavy atom. The normalized spacial score (nSPS) is 12.5. The minimum absolute atomic E-state index is 0.376. The number of benzene rings is 1. The van der Waals surface area contributed by atoms with Crippen LogP contribution >= 0.6 is 11.6 Å². The van der Waals surface area contributed by atoms with Gasteiger partial charge in [0.25, 0.3) is 0 Å². The van der Waals surface area contributed by atoms with Crippen LogP contribution in [-0.2, 0) is 0 Å². The van der Waals surface area contributed by atoms with E-state index in [-0.39, 0.29) is 6.04 Å². The van der Waals surface area contributed by atoms with E-state index in [9.17, 15) is 0 Å². The van der Waals surface area contributed by atoms with Crippen LogP contribution in [0.2, 0.25) is 5.02 Å². The van der Waals surface area contributed by atoms with Crippen molar-refractivity contribution in [3.8, 4) is 5.75 Å². The Labute approximate surface area is 105 Å². The smallest absolute Gasteiger partial charge is 0.128 e. The first-order chi connectivity index (χ1) is 8.13. The van der Waals surface area contributed by atoms with Crippen LogP contribution in [0.5, 0.6) is 5.75 Å². The Kier molecular flexibility index (Phi) is 3.41. The summed E-state index contributed by atoms with van der Waals surface area (Å²) < 4.78 is 10.7. The number of hydrogen-bond acceptors (Lipinski definition) is 3. The van der Waals surface area contributed by atoms with Crippen LogP contribution in [-0.4, -0.2) is 7.11 Å². The van der Waals surface area contributed by atoms with E-state index in [1.165, 1.54) is 0 Å². The highest BCUT2D eigenvalue weighted by molar-refractivity contribution is 6.30. The Balaban J connectivity index is 2.46. The van der Waals surface area contributed by atoms with Gasteiger partial charge in [0.05, 0.1) is 19.4 Å². The number of halogens is 1. The molecule has 1 unspecified atom stereocenters. The van der Waals surface area contributed by atoms with Gasteiger partial charge < -0.3 is 14.9 Å². The third kappa shape index (κ3) is 2.30. The molecule has 0 radical (unpaired) electrons. The molecule has 2 rings (SSSR count). The third-order valence-electron chi connectivity index (χ3n) is 2.71. The number of hydrogen-bond donors (Lipinski definition) is 1. The van der Waals surface area contributed by atoms with Crippen LogP contribution < -0.4 is 10.5 Å². The van der Waals surface area contributed by atoms with Crippen molar-refractivity contribution in [1.82, 2.24) is 0 Å². The van der Waals surface area contributed by atoms with Crippen LogP contribution in [0.15, 0.2) is 34.9 Å². The monoisotopic (exact) mass is 251 g/mol. The maximum Gasteiger partial charge on any atom is 0.128 e. The molecule has 1 atom stereocenters. The molecule has 4 heteroatoms. The highest BCUT2D eigenvalue weighted by Gasteiger charge is 2.19. The van der Waals surface area contributed by atoms with E-state index < -0.39 is 0 Å². The maximum absolute atomic E-state index is 6.17. The molecule has 1 heterocycles. The van der Waals surface area contributed by atoms with Crippen molar-refractivity contribution in [2.45, 2.75) is 13.0 Å². The largest absolute Gasteiger partial charge is 0.496 e. The van der Waals surface area contributed by atoms with E-state index in [1.807, 2.05) is 13.0 Å². The molecule has 2 N–H and O–H groups in total. The number of nitrogens with two attached hydrogens (primary N) is 1. The van der Waals surface area contributed by atoms with Gasteiger partial charge in [0.15, 0.2) is 0 Å². The average Bonchev–Trinajstić information content (AvgIpc) is 2.74. The number of methoxy groups -OCH3 is 1. The highest BCUT2D eigenvalue weighted by Crippen LogP contribution is 2.32. The van der Waals surface area contributed by atoms with Gasteiger partial charge in [-0.15, -0.1) is 0 Å². The van der Waals surface area contributed by atoms with E-state index in [0.717, 1.165) is 16.9 Å². The summed E-state index contributed by atoms with van der Waals surface area (Å²) in [6.07, 6.45) is 1.63. The molecule has 0 aliphatic carbocycles. The first kappa shape index (κ1) is 12.0. The van der Waals surface area contributed by atoms with Crippen LogP contribution in [0.4, 0.5) is 0 Å². The fraction of sp³-hybridized carbons (Fsp3) is 0.231. The molecule has 0 amide bonds. The lowest BCUT2D eigenvalue weighted by atomic mass is 10.0. The molecule has 2 aromatic rings. The summed E-state index contributed by atoms with van der Waals surface area (Å²) >= 11 is 5.98. The number of rotatable bonds is 3. The van der Waals surface area contributed by atoms with E-state index in [1.54, 1.807) is 31.6 Å². The second-order valence-electron chi connectivity index (χ2n) is 3.83. The minimum Gasteiger partial charge on any atom is -0.496 e. The van der Waals surface area contributed by atoms with Crippen molar-refractivity contribution in [2.24, 2.45) is 5.73 Å². The van der Waals surface area contributed by atoms with Gasteiger partial charge in [-0.1, -0.05) is 11.6 Å². The molecular formula is C13H14ClNO2. The maximum atomic E-state index is 6.17. The predicted molar refractivity (Wildman–Crippen MR) is 67.5 cm³/mol. The molecule has 0 spiro atoms. The summed E-state index contributed by atoms with van der Waals surface area (Å²) in [5, 5.41) is 0.625. The third-order valence-corrected chi connectivity index (χ3v) is 2.95. The summed E-state index contributed by atoms with van der Waals surface area (Å²) in [7, 11) is 1.61. The molecule has 0 aliphatic heterocycles. The lowest BCUT2D eigenvalue weighted by Crippen LogP contribution is -2.13. The zero-order chi connectivity index (χ0) is 12.4. The summed E-state index contributed by atoms with van der Waals surface area (Å²) in [5.74, 6) is 1.43. The van der Waals surface area contributed by atoms with Crippen molar-refractivity contribution in [1.29, 1.82) is 0 Å². The second kappa shape index (κ2) is 4.82. The fourth-order valence-corrected chi connectivity index (χ4v) is 1.97. The zero-order valence-electron chi connectivity index (χ0n) is 9.74. The van der Waals surface area contributed by atoms with Crippen molar-refractivity contribution >= 4 is 11.6 Å². The fourth-order valence-electron chi connectivity index (χ4n) is 1.79. The lowest BCUT2D eigenvalue weighted by molar-refractivity contribution is 0.402. The van der Waals surface area contributed by atoms with Gasteiger partial charge in [0, 0.05) is 10.6 Å². The summed E-state index contributed by atoms with van der Waals surface area (Å²) in [6, 6.07) is 6.87. The first-order valence-corrected chi connectivity index (χ1v) is 5.64. The van der Waals surface area contributed by atoms with Gasteiger partial charge in [-0.3, -0.25) is 0 Å². The average molecular weight is 252 g/mol. The standard InChI is InChI=1S/C13H14ClNO2/c1-8-5-6-17-13(8)12(15)10-7-9(14)3-4-11(10)16-2/h3-7,12H,15H2,1-2H3. The molecule has 1 aromatic carbocycles. The molecule has 0 bridgehead atoms. The molecular weight excluding hydrogens is 238 g/mol. The SMILES string of the molecule is COc1ccc(Cl)cc1C(N)c1occc1C. The van der Waals surface area contributed by atoms with Gasteiger partial charge in [0.2, 0.25) is 0 Å². The quantitative estimate of drug-likeness (QED) is 0.911. The van der Waals surface area contributed by atoms with Gasteiger partial charge >= 0.3 is 0 Å². The number of aryl methyl sites for hydroxylation is 1. The molecule has 0 saturated heterocycles. The van der Waals surface area contributed by atoms with Gasteiger partial charge in [-0.25, -0.2) is 0 Å². The Morgan fingerprint density at radius 3 is 2.71 bits per heavy atom. The molecule has 90 valence electrons. The van der Waals surface area contributed by atoms with E-state index in [0.29, 0.717) is 10.8 Å². The Morgan fingerprint density at radius 2 is 2.12 bits per heavy atom. The van der Waals surface area contributed by atoms with Crippen LogP contribution in [0, 0.1) is 6.92 Å². The molecule has 0 aliphatic rings. The molecule has 0 saturated carbocycles. The Hall–Kier alpha value is -1.45. The van der Waals surface area contributed by atoms with E-state index in [2.05, 4.69) is 0 Å². The van der Waals surface area contributed by atoms with Crippen molar-refractivity contribution in [2.75, 3.05) is 7.11 Å². The van der Waals surface area contributed by atoms with Crippen LogP contribution in [0.1, 0.15) is 22.9 Å². The van der Waals surface area contributed by atoms with E-state index >= 15 is 0 Å².